The van der Waals surface area contributed by atoms with E-state index in [0.717, 1.165) is 5.56 Å². The second-order valence-electron chi connectivity index (χ2n) is 5.84. The summed E-state index contributed by atoms with van der Waals surface area (Å²) in [5.41, 5.74) is 1.97. The van der Waals surface area contributed by atoms with E-state index in [1.165, 1.54) is 0 Å². The van der Waals surface area contributed by atoms with Gasteiger partial charge in [-0.2, -0.15) is 0 Å². The zero-order chi connectivity index (χ0) is 17.6. The lowest BCUT2D eigenvalue weighted by atomic mass is 9.99. The second-order valence-corrected chi connectivity index (χ2v) is 5.84. The molecule has 0 bridgehead atoms. The Balaban J connectivity index is 1.84. The van der Waals surface area contributed by atoms with Crippen LogP contribution in [-0.4, -0.2) is 10.9 Å². The fraction of sp³-hybridized carbons (Fsp3) is 0.136. The van der Waals surface area contributed by atoms with Gasteiger partial charge < -0.3 is 9.84 Å². The number of hydrogen-bond acceptors (Lipinski definition) is 3. The number of hydrogen-bond donors (Lipinski definition) is 1. The largest absolute Gasteiger partial charge is 0.485 e. The highest BCUT2D eigenvalue weighted by Crippen LogP contribution is 2.29. The van der Waals surface area contributed by atoms with E-state index < -0.39 is 6.10 Å². The number of ether oxygens (including phenoxy) is 1. The summed E-state index contributed by atoms with van der Waals surface area (Å²) in [6.07, 6.45) is -1.41. The summed E-state index contributed by atoms with van der Waals surface area (Å²) in [7, 11) is 0. The number of benzene rings is 3. The molecule has 2 atom stereocenters. The summed E-state index contributed by atoms with van der Waals surface area (Å²) in [5.74, 6) is 0.0981. The van der Waals surface area contributed by atoms with Crippen LogP contribution in [0.5, 0.6) is 5.75 Å². The first-order chi connectivity index (χ1) is 12.2. The smallest absolute Gasteiger partial charge is 0.199 e. The Morgan fingerprint density at radius 2 is 1.32 bits per heavy atom. The number of aliphatic hydroxyl groups is 1. The predicted molar refractivity (Wildman–Crippen MR) is 97.7 cm³/mol. The Morgan fingerprint density at radius 1 is 0.800 bits per heavy atom. The molecule has 0 heterocycles. The van der Waals surface area contributed by atoms with Gasteiger partial charge in [-0.15, -0.1) is 0 Å². The molecule has 3 rings (SSSR count). The van der Waals surface area contributed by atoms with Gasteiger partial charge >= 0.3 is 0 Å². The van der Waals surface area contributed by atoms with E-state index in [2.05, 4.69) is 0 Å². The topological polar surface area (TPSA) is 46.5 Å². The van der Waals surface area contributed by atoms with Crippen molar-refractivity contribution in [3.05, 3.63) is 102 Å². The summed E-state index contributed by atoms with van der Waals surface area (Å²) in [6.45, 7) is 1.93. The lowest BCUT2D eigenvalue weighted by molar-refractivity contribution is 0.0741. The predicted octanol–water partition coefficient (Wildman–Crippen LogP) is 4.74. The van der Waals surface area contributed by atoms with Crippen molar-refractivity contribution >= 4 is 5.78 Å². The van der Waals surface area contributed by atoms with Crippen molar-refractivity contribution in [2.45, 2.75) is 19.1 Å². The first kappa shape index (κ1) is 16.9. The number of para-hydroxylation sites is 1. The van der Waals surface area contributed by atoms with Gasteiger partial charge in [0.15, 0.2) is 5.78 Å². The third kappa shape index (κ3) is 3.95. The molecule has 0 aliphatic rings. The molecule has 0 saturated heterocycles. The fourth-order valence-electron chi connectivity index (χ4n) is 2.69. The number of ketones is 1. The molecule has 0 aliphatic carbocycles. The maximum Gasteiger partial charge on any atom is 0.199 e. The van der Waals surface area contributed by atoms with Crippen molar-refractivity contribution in [1.29, 1.82) is 0 Å². The Kier molecular flexibility index (Phi) is 5.26. The number of Topliss-reactive ketones (excluding diaryl/α,β-unsaturated/α-hetero) is 1. The molecule has 0 spiro atoms. The molecular formula is C22H20O3. The lowest BCUT2D eigenvalue weighted by Gasteiger charge is -2.18. The number of carbonyl (C=O) groups is 1. The Hall–Kier alpha value is -2.91. The van der Waals surface area contributed by atoms with Crippen LogP contribution in [0, 0.1) is 0 Å². The number of rotatable bonds is 6. The molecule has 0 aliphatic heterocycles. The molecule has 2 unspecified atom stereocenters. The van der Waals surface area contributed by atoms with Crippen molar-refractivity contribution in [3.8, 4) is 5.75 Å². The molecule has 0 amide bonds. The molecule has 1 N–H and O–H groups in total. The monoisotopic (exact) mass is 332 g/mol. The average molecular weight is 332 g/mol. The van der Waals surface area contributed by atoms with Gasteiger partial charge in [-0.25, -0.2) is 0 Å². The minimum atomic E-state index is -1.21. The summed E-state index contributed by atoms with van der Waals surface area (Å²) in [5, 5.41) is 10.4. The maximum atomic E-state index is 12.8. The molecule has 3 aromatic carbocycles. The summed E-state index contributed by atoms with van der Waals surface area (Å²) in [6, 6.07) is 25.7. The van der Waals surface area contributed by atoms with Crippen LogP contribution in [0.1, 0.15) is 40.6 Å². The van der Waals surface area contributed by atoms with Crippen LogP contribution >= 0.6 is 0 Å². The zero-order valence-electron chi connectivity index (χ0n) is 14.0. The van der Waals surface area contributed by atoms with Gasteiger partial charge in [0.25, 0.3) is 0 Å². The van der Waals surface area contributed by atoms with Crippen LogP contribution in [0.2, 0.25) is 0 Å². The van der Waals surface area contributed by atoms with Crippen LogP contribution < -0.4 is 4.74 Å². The highest BCUT2D eigenvalue weighted by Gasteiger charge is 2.23. The standard InChI is InChI=1S/C22H20O3/c1-16(17-10-4-2-5-11-17)25-20-15-9-8-14-19(20)22(24)21(23)18-12-6-3-7-13-18/h2-16,21,23H,1H3. The molecule has 25 heavy (non-hydrogen) atoms. The van der Waals surface area contributed by atoms with Gasteiger partial charge in [0, 0.05) is 0 Å². The third-order valence-corrected chi connectivity index (χ3v) is 4.09. The van der Waals surface area contributed by atoms with Gasteiger partial charge in [0.05, 0.1) is 5.56 Å². The second kappa shape index (κ2) is 7.77. The van der Waals surface area contributed by atoms with Crippen molar-refractivity contribution < 1.29 is 14.6 Å². The molecule has 3 nitrogen and oxygen atoms in total. The minimum Gasteiger partial charge on any atom is -0.485 e. The Labute approximate surface area is 147 Å². The Morgan fingerprint density at radius 3 is 1.96 bits per heavy atom. The molecule has 0 radical (unpaired) electrons. The highest BCUT2D eigenvalue weighted by molar-refractivity contribution is 6.02. The zero-order valence-corrected chi connectivity index (χ0v) is 14.0. The van der Waals surface area contributed by atoms with Crippen molar-refractivity contribution in [2.24, 2.45) is 0 Å². The van der Waals surface area contributed by atoms with Crippen molar-refractivity contribution in [2.75, 3.05) is 0 Å². The molecule has 3 heteroatoms. The van der Waals surface area contributed by atoms with Crippen molar-refractivity contribution in [1.82, 2.24) is 0 Å². The molecule has 0 saturated carbocycles. The van der Waals surface area contributed by atoms with Gasteiger partial charge in [0.2, 0.25) is 0 Å². The highest BCUT2D eigenvalue weighted by atomic mass is 16.5. The normalized spacial score (nSPS) is 13.0. The fourth-order valence-corrected chi connectivity index (χ4v) is 2.69. The number of carbonyl (C=O) groups excluding carboxylic acids is 1. The van der Waals surface area contributed by atoms with Gasteiger partial charge in [-0.3, -0.25) is 4.79 Å². The number of aliphatic hydroxyl groups excluding tert-OH is 1. The van der Waals surface area contributed by atoms with Crippen LogP contribution in [0.15, 0.2) is 84.9 Å². The van der Waals surface area contributed by atoms with E-state index in [9.17, 15) is 9.90 Å². The SMILES string of the molecule is CC(Oc1ccccc1C(=O)C(O)c1ccccc1)c1ccccc1. The quantitative estimate of drug-likeness (QED) is 0.663. The van der Waals surface area contributed by atoms with E-state index in [-0.39, 0.29) is 11.9 Å². The molecule has 3 aromatic rings. The summed E-state index contributed by atoms with van der Waals surface area (Å²) < 4.78 is 6.01. The lowest BCUT2D eigenvalue weighted by Crippen LogP contribution is -2.14. The van der Waals surface area contributed by atoms with E-state index >= 15 is 0 Å². The van der Waals surface area contributed by atoms with Crippen LogP contribution in [0.25, 0.3) is 0 Å². The Bertz CT molecular complexity index is 828. The van der Waals surface area contributed by atoms with E-state index in [0.29, 0.717) is 16.9 Å². The van der Waals surface area contributed by atoms with Gasteiger partial charge in [-0.05, 0) is 30.2 Å². The van der Waals surface area contributed by atoms with E-state index in [1.54, 1.807) is 42.5 Å². The minimum absolute atomic E-state index is 0.205. The molecule has 0 aromatic heterocycles. The van der Waals surface area contributed by atoms with E-state index in [4.69, 9.17) is 4.74 Å². The van der Waals surface area contributed by atoms with E-state index in [1.807, 2.05) is 49.4 Å². The van der Waals surface area contributed by atoms with Gasteiger partial charge in [-0.1, -0.05) is 72.8 Å². The molecular weight excluding hydrogens is 312 g/mol. The summed E-state index contributed by atoms with van der Waals surface area (Å²) >= 11 is 0. The van der Waals surface area contributed by atoms with Crippen LogP contribution in [0.3, 0.4) is 0 Å². The summed E-state index contributed by atoms with van der Waals surface area (Å²) in [4.78, 5) is 12.8. The first-order valence-corrected chi connectivity index (χ1v) is 8.24. The maximum absolute atomic E-state index is 12.8. The molecule has 0 fully saturated rings. The third-order valence-electron chi connectivity index (χ3n) is 4.09. The average Bonchev–Trinajstić information content (AvgIpc) is 2.68. The molecule has 126 valence electrons. The van der Waals surface area contributed by atoms with Gasteiger partial charge in [0.1, 0.15) is 18.0 Å². The van der Waals surface area contributed by atoms with Crippen LogP contribution in [-0.2, 0) is 0 Å². The van der Waals surface area contributed by atoms with Crippen LogP contribution in [0.4, 0.5) is 0 Å². The van der Waals surface area contributed by atoms with Crippen molar-refractivity contribution in [3.63, 3.8) is 0 Å². The first-order valence-electron chi connectivity index (χ1n) is 8.24.